The summed E-state index contributed by atoms with van der Waals surface area (Å²) in [4.78, 5) is 16.7. The predicted octanol–water partition coefficient (Wildman–Crippen LogP) is 6.26. The molecule has 0 saturated carbocycles. The summed E-state index contributed by atoms with van der Waals surface area (Å²) in [5, 5.41) is 11.5. The number of nitrogens with zero attached hydrogens (tertiary/aromatic N) is 3. The van der Waals surface area contributed by atoms with Crippen molar-refractivity contribution in [3.63, 3.8) is 0 Å². The van der Waals surface area contributed by atoms with Crippen LogP contribution in [0.4, 0.5) is 10.1 Å². The van der Waals surface area contributed by atoms with Gasteiger partial charge in [0.25, 0.3) is 5.91 Å². The van der Waals surface area contributed by atoms with Crippen molar-refractivity contribution in [1.29, 1.82) is 0 Å². The lowest BCUT2D eigenvalue weighted by molar-refractivity contribution is 0.102. The average molecular weight is 495 g/mol. The van der Waals surface area contributed by atoms with Gasteiger partial charge in [-0.3, -0.25) is 9.78 Å². The molecule has 172 valence electrons. The lowest BCUT2D eigenvalue weighted by atomic mass is 10.1. The lowest BCUT2D eigenvalue weighted by Gasteiger charge is -2.13. The first kappa shape index (κ1) is 23.5. The summed E-state index contributed by atoms with van der Waals surface area (Å²) in [5.74, 6) is -0.0260. The Morgan fingerprint density at radius 2 is 1.79 bits per heavy atom. The van der Waals surface area contributed by atoms with Crippen molar-refractivity contribution in [1.82, 2.24) is 15.2 Å². The van der Waals surface area contributed by atoms with Crippen molar-refractivity contribution >= 4 is 45.6 Å². The molecule has 1 N–H and O–H groups in total. The molecule has 0 spiro atoms. The van der Waals surface area contributed by atoms with Crippen LogP contribution in [-0.4, -0.2) is 21.1 Å². The van der Waals surface area contributed by atoms with Gasteiger partial charge in [0.1, 0.15) is 18.2 Å². The van der Waals surface area contributed by atoms with E-state index < -0.39 is 5.91 Å². The highest BCUT2D eigenvalue weighted by atomic mass is 35.5. The van der Waals surface area contributed by atoms with E-state index in [0.717, 1.165) is 39.5 Å². The van der Waals surface area contributed by atoms with E-state index in [1.165, 1.54) is 24.3 Å². The normalized spacial score (nSPS) is 11.4. The minimum absolute atomic E-state index is 0.150. The summed E-state index contributed by atoms with van der Waals surface area (Å²) in [7, 11) is 0. The maximum absolute atomic E-state index is 13.0. The second-order valence-corrected chi connectivity index (χ2v) is 8.84. The number of aryl methyl sites for hydroxylation is 2. The van der Waals surface area contributed by atoms with E-state index in [4.69, 9.17) is 16.3 Å². The van der Waals surface area contributed by atoms with Crippen LogP contribution < -0.4 is 10.1 Å². The summed E-state index contributed by atoms with van der Waals surface area (Å²) >= 11 is 7.55. The first-order chi connectivity index (χ1) is 16.4. The number of hydrogen-bond donors (Lipinski definition) is 1. The molecule has 0 aliphatic heterocycles. The number of carbonyl (C=O) groups is 1. The molecule has 0 aliphatic carbocycles. The molecule has 2 aromatic carbocycles. The van der Waals surface area contributed by atoms with Gasteiger partial charge in [-0.2, -0.15) is 0 Å². The monoisotopic (exact) mass is 494 g/mol. The summed E-state index contributed by atoms with van der Waals surface area (Å²) in [5.41, 5.74) is 4.11. The maximum Gasteiger partial charge on any atom is 0.286 e. The quantitative estimate of drug-likeness (QED) is 0.328. The van der Waals surface area contributed by atoms with Gasteiger partial charge in [0.05, 0.1) is 10.7 Å². The predicted molar refractivity (Wildman–Crippen MR) is 132 cm³/mol. The zero-order valence-electron chi connectivity index (χ0n) is 18.4. The summed E-state index contributed by atoms with van der Waals surface area (Å²) < 4.78 is 19.0. The van der Waals surface area contributed by atoms with Gasteiger partial charge >= 0.3 is 0 Å². The SMILES string of the molecule is Cc1cc(/C=C(\Cl)c2nnc(C(=O)Nc3ccc(F)cc3)s2)cc(C)c1OCc1ccccn1. The fraction of sp³-hybridized carbons (Fsp3) is 0.120. The zero-order chi connectivity index (χ0) is 24.1. The molecule has 6 nitrogen and oxygen atoms in total. The lowest BCUT2D eigenvalue weighted by Crippen LogP contribution is -2.11. The fourth-order valence-electron chi connectivity index (χ4n) is 3.26. The van der Waals surface area contributed by atoms with Crippen molar-refractivity contribution in [3.8, 4) is 5.75 Å². The van der Waals surface area contributed by atoms with Crippen LogP contribution in [0.15, 0.2) is 60.8 Å². The number of ether oxygens (including phenoxy) is 1. The molecule has 2 heterocycles. The van der Waals surface area contributed by atoms with Gasteiger partial charge in [-0.25, -0.2) is 4.39 Å². The molecule has 0 fully saturated rings. The van der Waals surface area contributed by atoms with Gasteiger partial charge in [0.2, 0.25) is 5.01 Å². The van der Waals surface area contributed by atoms with Crippen molar-refractivity contribution in [2.75, 3.05) is 5.32 Å². The van der Waals surface area contributed by atoms with E-state index in [0.29, 0.717) is 22.3 Å². The maximum atomic E-state index is 13.0. The van der Waals surface area contributed by atoms with Gasteiger partial charge in [-0.1, -0.05) is 29.0 Å². The second kappa shape index (κ2) is 10.5. The Kier molecular flexibility index (Phi) is 7.30. The van der Waals surface area contributed by atoms with E-state index >= 15 is 0 Å². The van der Waals surface area contributed by atoms with Gasteiger partial charge in [-0.15, -0.1) is 10.2 Å². The molecule has 4 aromatic rings. The highest BCUT2D eigenvalue weighted by molar-refractivity contribution is 7.15. The van der Waals surface area contributed by atoms with Crippen LogP contribution in [0.25, 0.3) is 11.1 Å². The molecule has 1 amide bonds. The number of nitrogens with one attached hydrogen (secondary N) is 1. The smallest absolute Gasteiger partial charge is 0.286 e. The van der Waals surface area contributed by atoms with Gasteiger partial charge < -0.3 is 10.1 Å². The van der Waals surface area contributed by atoms with Crippen LogP contribution in [0.5, 0.6) is 5.75 Å². The van der Waals surface area contributed by atoms with Crippen molar-refractivity contribution in [2.45, 2.75) is 20.5 Å². The van der Waals surface area contributed by atoms with E-state index in [-0.39, 0.29) is 10.8 Å². The average Bonchev–Trinajstić information content (AvgIpc) is 3.31. The first-order valence-electron chi connectivity index (χ1n) is 10.3. The number of hydrogen-bond acceptors (Lipinski definition) is 6. The Hall–Kier alpha value is -3.62. The Balaban J connectivity index is 1.46. The third-order valence-corrected chi connectivity index (χ3v) is 6.15. The molecule has 0 atom stereocenters. The van der Waals surface area contributed by atoms with Gasteiger partial charge in [-0.05, 0) is 85.1 Å². The minimum atomic E-state index is -0.444. The minimum Gasteiger partial charge on any atom is -0.487 e. The number of pyridine rings is 1. The molecule has 0 aliphatic rings. The highest BCUT2D eigenvalue weighted by Crippen LogP contribution is 2.30. The van der Waals surface area contributed by atoms with Crippen LogP contribution in [-0.2, 0) is 6.61 Å². The van der Waals surface area contributed by atoms with Crippen LogP contribution in [0.1, 0.15) is 37.2 Å². The number of amides is 1. The largest absolute Gasteiger partial charge is 0.487 e. The first-order valence-corrected chi connectivity index (χ1v) is 11.5. The number of anilines is 1. The number of halogens is 2. The molecule has 0 bridgehead atoms. The van der Waals surface area contributed by atoms with Gasteiger partial charge in [0, 0.05) is 11.9 Å². The molecule has 9 heteroatoms. The Morgan fingerprint density at radius 3 is 2.47 bits per heavy atom. The Bertz CT molecular complexity index is 1320. The van der Waals surface area contributed by atoms with Gasteiger partial charge in [0.15, 0.2) is 5.01 Å². The molecular formula is C25H20ClFN4O2S. The molecule has 4 rings (SSSR count). The van der Waals surface area contributed by atoms with E-state index in [2.05, 4.69) is 20.5 Å². The standard InChI is InChI=1S/C25H20ClFN4O2S/c1-15-11-17(12-16(2)22(15)33-14-20-5-3-4-10-28-20)13-21(26)24-30-31-25(34-24)23(32)29-19-8-6-18(27)7-9-19/h3-13H,14H2,1-2H3,(H,29,32)/b21-13-. The zero-order valence-corrected chi connectivity index (χ0v) is 20.0. The Morgan fingerprint density at radius 1 is 1.09 bits per heavy atom. The van der Waals surface area contributed by atoms with E-state index in [1.807, 2.05) is 44.2 Å². The third kappa shape index (κ3) is 5.84. The molecule has 0 saturated heterocycles. The number of carbonyl (C=O) groups excluding carboxylic acids is 1. The third-order valence-electron chi connectivity index (χ3n) is 4.79. The number of benzene rings is 2. The number of rotatable bonds is 7. The molecule has 2 aromatic heterocycles. The summed E-state index contributed by atoms with van der Waals surface area (Å²) in [6, 6.07) is 15.1. The topological polar surface area (TPSA) is 77.0 Å². The fourth-order valence-corrected chi connectivity index (χ4v) is 4.19. The summed E-state index contributed by atoms with van der Waals surface area (Å²) in [6.45, 7) is 4.32. The second-order valence-electron chi connectivity index (χ2n) is 7.46. The highest BCUT2D eigenvalue weighted by Gasteiger charge is 2.15. The molecule has 34 heavy (non-hydrogen) atoms. The molecule has 0 radical (unpaired) electrons. The molecule has 0 unspecified atom stereocenters. The Labute approximate surface area is 205 Å². The van der Waals surface area contributed by atoms with Crippen molar-refractivity contribution in [3.05, 3.63) is 99.0 Å². The number of aromatic nitrogens is 3. The van der Waals surface area contributed by atoms with E-state index in [9.17, 15) is 9.18 Å². The van der Waals surface area contributed by atoms with Crippen LogP contribution in [0.3, 0.4) is 0 Å². The molecular weight excluding hydrogens is 475 g/mol. The summed E-state index contributed by atoms with van der Waals surface area (Å²) in [6.07, 6.45) is 3.51. The van der Waals surface area contributed by atoms with Crippen LogP contribution in [0.2, 0.25) is 0 Å². The van der Waals surface area contributed by atoms with Crippen molar-refractivity contribution in [2.24, 2.45) is 0 Å². The van der Waals surface area contributed by atoms with Crippen LogP contribution >= 0.6 is 22.9 Å². The van der Waals surface area contributed by atoms with Crippen molar-refractivity contribution < 1.29 is 13.9 Å². The van der Waals surface area contributed by atoms with E-state index in [1.54, 1.807) is 12.3 Å². The van der Waals surface area contributed by atoms with Crippen LogP contribution in [0, 0.1) is 19.7 Å².